The van der Waals surface area contributed by atoms with Crippen molar-refractivity contribution in [1.29, 1.82) is 0 Å². The standard InChI is InChI=1S/C22H26N2O5/c1-3-14(2)17(22(28)29)23-21(27)19(25)18(15-10-6-4-7-11-15)24-20(26)16-12-8-5-9-13-16/h4-14,17-19,25H,3H2,1-2H3,(H,23,27)(H,24,26)(H,28,29)/t14-,17+,18+,19-/m1/s1. The highest BCUT2D eigenvalue weighted by molar-refractivity contribution is 5.95. The van der Waals surface area contributed by atoms with Gasteiger partial charge in [0.25, 0.3) is 11.8 Å². The van der Waals surface area contributed by atoms with E-state index in [2.05, 4.69) is 10.6 Å². The lowest BCUT2D eigenvalue weighted by atomic mass is 9.97. The molecule has 154 valence electrons. The lowest BCUT2D eigenvalue weighted by Gasteiger charge is -2.27. The highest BCUT2D eigenvalue weighted by atomic mass is 16.4. The molecule has 2 rings (SSSR count). The zero-order valence-electron chi connectivity index (χ0n) is 16.4. The van der Waals surface area contributed by atoms with Crippen molar-refractivity contribution in [3.8, 4) is 0 Å². The van der Waals surface area contributed by atoms with Gasteiger partial charge in [0.1, 0.15) is 6.04 Å². The van der Waals surface area contributed by atoms with Crippen LogP contribution in [-0.2, 0) is 9.59 Å². The highest BCUT2D eigenvalue weighted by Crippen LogP contribution is 2.19. The average Bonchev–Trinajstić information content (AvgIpc) is 2.75. The molecule has 0 aliphatic heterocycles. The molecule has 7 nitrogen and oxygen atoms in total. The van der Waals surface area contributed by atoms with E-state index in [1.54, 1.807) is 67.6 Å². The zero-order valence-corrected chi connectivity index (χ0v) is 16.4. The van der Waals surface area contributed by atoms with Gasteiger partial charge in [-0.15, -0.1) is 0 Å². The summed E-state index contributed by atoms with van der Waals surface area (Å²) in [6.07, 6.45) is -1.13. The van der Waals surface area contributed by atoms with Crippen LogP contribution >= 0.6 is 0 Å². The zero-order chi connectivity index (χ0) is 21.4. The number of hydrogen-bond acceptors (Lipinski definition) is 4. The number of carbonyl (C=O) groups excluding carboxylic acids is 2. The Balaban J connectivity index is 2.24. The number of carboxylic acid groups (broad SMARTS) is 1. The lowest BCUT2D eigenvalue weighted by molar-refractivity contribution is -0.145. The molecule has 7 heteroatoms. The summed E-state index contributed by atoms with van der Waals surface area (Å²) in [6.45, 7) is 3.52. The van der Waals surface area contributed by atoms with Crippen LogP contribution in [0.4, 0.5) is 0 Å². The normalized spacial score (nSPS) is 14.9. The number of hydrogen-bond donors (Lipinski definition) is 4. The van der Waals surface area contributed by atoms with E-state index >= 15 is 0 Å². The Morgan fingerprint density at radius 1 is 0.931 bits per heavy atom. The number of aliphatic hydroxyl groups excluding tert-OH is 1. The number of aliphatic carboxylic acids is 1. The van der Waals surface area contributed by atoms with E-state index in [-0.39, 0.29) is 5.92 Å². The molecule has 4 N–H and O–H groups in total. The summed E-state index contributed by atoms with van der Waals surface area (Å²) in [5.74, 6) is -2.81. The van der Waals surface area contributed by atoms with E-state index in [0.717, 1.165) is 0 Å². The van der Waals surface area contributed by atoms with Crippen LogP contribution in [0, 0.1) is 5.92 Å². The molecule has 0 saturated heterocycles. The number of carbonyl (C=O) groups is 3. The van der Waals surface area contributed by atoms with Gasteiger partial charge < -0.3 is 20.8 Å². The van der Waals surface area contributed by atoms with Gasteiger partial charge in [-0.2, -0.15) is 0 Å². The fraction of sp³-hybridized carbons (Fsp3) is 0.318. The first kappa shape index (κ1) is 22.1. The van der Waals surface area contributed by atoms with E-state index in [1.807, 2.05) is 6.92 Å². The van der Waals surface area contributed by atoms with Crippen LogP contribution in [0.2, 0.25) is 0 Å². The molecule has 4 atom stereocenters. The molecule has 0 heterocycles. The maximum atomic E-state index is 12.6. The second kappa shape index (κ2) is 10.4. The number of amides is 2. The molecule has 0 aliphatic rings. The van der Waals surface area contributed by atoms with Crippen molar-refractivity contribution in [2.75, 3.05) is 0 Å². The van der Waals surface area contributed by atoms with Gasteiger partial charge in [-0.25, -0.2) is 4.79 Å². The van der Waals surface area contributed by atoms with Crippen molar-refractivity contribution in [3.05, 3.63) is 71.8 Å². The fourth-order valence-corrected chi connectivity index (χ4v) is 2.89. The van der Waals surface area contributed by atoms with Gasteiger partial charge in [-0.05, 0) is 23.6 Å². The number of aliphatic hydroxyl groups is 1. The molecule has 0 saturated carbocycles. The molecule has 2 aromatic carbocycles. The smallest absolute Gasteiger partial charge is 0.326 e. The van der Waals surface area contributed by atoms with Crippen LogP contribution < -0.4 is 10.6 Å². The van der Waals surface area contributed by atoms with Gasteiger partial charge >= 0.3 is 5.97 Å². The second-order valence-corrected chi connectivity index (χ2v) is 6.88. The maximum absolute atomic E-state index is 12.6. The first-order valence-electron chi connectivity index (χ1n) is 9.47. The molecular formula is C22H26N2O5. The van der Waals surface area contributed by atoms with E-state index in [4.69, 9.17) is 0 Å². The molecule has 0 radical (unpaired) electrons. The topological polar surface area (TPSA) is 116 Å². The van der Waals surface area contributed by atoms with Crippen LogP contribution in [0.25, 0.3) is 0 Å². The Labute approximate surface area is 169 Å². The van der Waals surface area contributed by atoms with E-state index in [0.29, 0.717) is 17.5 Å². The van der Waals surface area contributed by atoms with Crippen LogP contribution in [0.5, 0.6) is 0 Å². The van der Waals surface area contributed by atoms with Crippen LogP contribution in [-0.4, -0.2) is 40.1 Å². The molecule has 2 amide bonds. The minimum atomic E-state index is -1.67. The Hall–Kier alpha value is -3.19. The minimum Gasteiger partial charge on any atom is -0.480 e. The summed E-state index contributed by atoms with van der Waals surface area (Å²) in [6, 6.07) is 14.8. The van der Waals surface area contributed by atoms with Gasteiger partial charge in [0.2, 0.25) is 0 Å². The van der Waals surface area contributed by atoms with Crippen molar-refractivity contribution < 1.29 is 24.6 Å². The molecule has 0 unspecified atom stereocenters. The summed E-state index contributed by atoms with van der Waals surface area (Å²) < 4.78 is 0. The summed E-state index contributed by atoms with van der Waals surface area (Å²) in [5.41, 5.74) is 0.902. The molecule has 0 aromatic heterocycles. The predicted molar refractivity (Wildman–Crippen MR) is 108 cm³/mol. The number of rotatable bonds is 9. The minimum absolute atomic E-state index is 0.322. The van der Waals surface area contributed by atoms with Gasteiger partial charge in [-0.1, -0.05) is 68.8 Å². The third-order valence-electron chi connectivity index (χ3n) is 4.84. The largest absolute Gasteiger partial charge is 0.480 e. The van der Waals surface area contributed by atoms with Gasteiger partial charge in [0.15, 0.2) is 6.10 Å². The van der Waals surface area contributed by atoms with Crippen molar-refractivity contribution in [2.24, 2.45) is 5.92 Å². The monoisotopic (exact) mass is 398 g/mol. The fourth-order valence-electron chi connectivity index (χ4n) is 2.89. The van der Waals surface area contributed by atoms with E-state index in [1.165, 1.54) is 0 Å². The van der Waals surface area contributed by atoms with Crippen LogP contribution in [0.1, 0.15) is 42.2 Å². The van der Waals surface area contributed by atoms with Crippen molar-refractivity contribution in [1.82, 2.24) is 10.6 Å². The average molecular weight is 398 g/mol. The maximum Gasteiger partial charge on any atom is 0.326 e. The third kappa shape index (κ3) is 5.89. The SMILES string of the molecule is CC[C@@H](C)[C@H](NC(=O)[C@H](O)[C@@H](NC(=O)c1ccccc1)c1ccccc1)C(=O)O. The predicted octanol–water partition coefficient (Wildman–Crippen LogP) is 2.13. The number of nitrogens with one attached hydrogen (secondary N) is 2. The first-order valence-corrected chi connectivity index (χ1v) is 9.47. The summed E-state index contributed by atoms with van der Waals surface area (Å²) in [5, 5.41) is 25.2. The molecule has 0 bridgehead atoms. The molecule has 0 aliphatic carbocycles. The van der Waals surface area contributed by atoms with E-state index in [9.17, 15) is 24.6 Å². The molecular weight excluding hydrogens is 372 g/mol. The van der Waals surface area contributed by atoms with Crippen molar-refractivity contribution in [2.45, 2.75) is 38.5 Å². The number of carboxylic acids is 1. The molecule has 29 heavy (non-hydrogen) atoms. The van der Waals surface area contributed by atoms with E-state index < -0.39 is 36.0 Å². The summed E-state index contributed by atoms with van der Waals surface area (Å²) in [7, 11) is 0. The van der Waals surface area contributed by atoms with Crippen LogP contribution in [0.15, 0.2) is 60.7 Å². The Morgan fingerprint density at radius 3 is 2.00 bits per heavy atom. The lowest BCUT2D eigenvalue weighted by Crippen LogP contribution is -2.52. The Bertz CT molecular complexity index is 826. The highest BCUT2D eigenvalue weighted by Gasteiger charge is 2.33. The molecule has 0 spiro atoms. The first-order chi connectivity index (χ1) is 13.8. The van der Waals surface area contributed by atoms with Crippen molar-refractivity contribution >= 4 is 17.8 Å². The molecule has 0 fully saturated rings. The summed E-state index contributed by atoms with van der Waals surface area (Å²) in [4.78, 5) is 36.7. The Kier molecular flexibility index (Phi) is 7.91. The molecule has 2 aromatic rings. The van der Waals surface area contributed by atoms with Crippen molar-refractivity contribution in [3.63, 3.8) is 0 Å². The Morgan fingerprint density at radius 2 is 1.48 bits per heavy atom. The summed E-state index contributed by atoms with van der Waals surface area (Å²) >= 11 is 0. The number of benzene rings is 2. The quantitative estimate of drug-likeness (QED) is 0.516. The van der Waals surface area contributed by atoms with Gasteiger partial charge in [0, 0.05) is 5.56 Å². The van der Waals surface area contributed by atoms with Crippen LogP contribution in [0.3, 0.4) is 0 Å². The third-order valence-corrected chi connectivity index (χ3v) is 4.84. The van der Waals surface area contributed by atoms with Gasteiger partial charge in [0.05, 0.1) is 6.04 Å². The second-order valence-electron chi connectivity index (χ2n) is 6.88. The van der Waals surface area contributed by atoms with Gasteiger partial charge in [-0.3, -0.25) is 9.59 Å².